The zero-order valence-electron chi connectivity index (χ0n) is 34.8. The van der Waals surface area contributed by atoms with Crippen LogP contribution in [-0.4, -0.2) is 72.7 Å². The Morgan fingerprint density at radius 1 is 0.630 bits per heavy atom. The fourth-order valence-corrected chi connectivity index (χ4v) is 15.4. The Morgan fingerprint density at radius 3 is 1.37 bits per heavy atom. The summed E-state index contributed by atoms with van der Waals surface area (Å²) in [5, 5.41) is 37.2. The van der Waals surface area contributed by atoms with Gasteiger partial charge in [0.15, 0.2) is 0 Å². The van der Waals surface area contributed by atoms with Crippen molar-refractivity contribution >= 4 is 6.41 Å². The molecule has 9 nitrogen and oxygen atoms in total. The first-order valence-corrected chi connectivity index (χ1v) is 21.6. The maximum atomic E-state index is 11.0. The number of nitrogens with one attached hydrogen (secondary N) is 2. The Kier molecular flexibility index (Phi) is 10.2. The Labute approximate surface area is 324 Å². The fraction of sp³-hybridized carbons (Fsp3) is 0.844. The molecule has 10 rings (SSSR count). The summed E-state index contributed by atoms with van der Waals surface area (Å²) in [5.41, 5.74) is 6.02. The number of rotatable bonds is 1. The molecule has 6 fully saturated rings. The standard InChI is InChI=1S/2C21H32N2O.C3H7NO.H2O/c2*1-19-11-13-12-22-23-18(13)10-14(19)4-5-15-16(19)6-8-20(2)17(15)7-9-21(20,3)24;1-4(2)3-5;/h2*12,14-17,24H,4-11H2,1-3H3,(H,22,23);3H,1-2H3;1H2/t2*14-,15+,16-,17-,19-,20-,21-;;/m00../s1. The zero-order chi connectivity index (χ0) is 37.8. The predicted octanol–water partition coefficient (Wildman–Crippen LogP) is 7.12. The van der Waals surface area contributed by atoms with Crippen molar-refractivity contribution in [3.8, 4) is 0 Å². The normalized spacial score (nSPS) is 47.7. The molecule has 6 saturated carbocycles. The quantitative estimate of drug-likeness (QED) is 0.229. The smallest absolute Gasteiger partial charge is 0.209 e. The summed E-state index contributed by atoms with van der Waals surface area (Å²) in [5.74, 6) is 6.43. The van der Waals surface area contributed by atoms with Gasteiger partial charge in [-0.05, 0) is 197 Å². The molecule has 0 radical (unpaired) electrons. The van der Waals surface area contributed by atoms with E-state index in [0.717, 1.165) is 66.6 Å². The molecule has 1 amide bonds. The number of aromatic nitrogens is 4. The number of fused-ring (bicyclic) bond motifs is 12. The summed E-state index contributed by atoms with van der Waals surface area (Å²) in [4.78, 5) is 10.9. The van der Waals surface area contributed by atoms with E-state index in [2.05, 4.69) is 74.3 Å². The topological polar surface area (TPSA) is 150 Å². The van der Waals surface area contributed by atoms with Crippen LogP contribution in [0.25, 0.3) is 0 Å². The molecule has 0 aliphatic heterocycles. The monoisotopic (exact) mass is 748 g/mol. The van der Waals surface area contributed by atoms with E-state index < -0.39 is 11.2 Å². The van der Waals surface area contributed by atoms with Crippen molar-refractivity contribution in [3.63, 3.8) is 0 Å². The minimum atomic E-state index is -0.454. The summed E-state index contributed by atoms with van der Waals surface area (Å²) >= 11 is 0. The summed E-state index contributed by atoms with van der Waals surface area (Å²) < 4.78 is 0. The maximum absolute atomic E-state index is 11.0. The van der Waals surface area contributed by atoms with E-state index in [1.54, 1.807) is 14.1 Å². The maximum Gasteiger partial charge on any atom is 0.209 e. The number of H-pyrrole nitrogens is 2. The highest BCUT2D eigenvalue weighted by Gasteiger charge is 2.65. The first kappa shape index (κ1) is 40.0. The first-order chi connectivity index (χ1) is 25.0. The van der Waals surface area contributed by atoms with Gasteiger partial charge in [-0.3, -0.25) is 15.0 Å². The Balaban J connectivity index is 0.000000146. The molecular weight excluding hydrogens is 675 g/mol. The number of carbonyl (C=O) groups is 1. The minimum absolute atomic E-state index is 0. The molecule has 14 atom stereocenters. The number of hydrogen-bond acceptors (Lipinski definition) is 5. The van der Waals surface area contributed by atoms with Crippen LogP contribution in [0, 0.1) is 69.0 Å². The van der Waals surface area contributed by atoms with Gasteiger partial charge >= 0.3 is 0 Å². The lowest BCUT2D eigenvalue weighted by Crippen LogP contribution is -2.56. The third kappa shape index (κ3) is 5.89. The van der Waals surface area contributed by atoms with Crippen LogP contribution < -0.4 is 0 Å². The molecule has 2 heterocycles. The number of aliphatic hydroxyl groups is 2. The van der Waals surface area contributed by atoms with Crippen LogP contribution in [0.1, 0.15) is 141 Å². The van der Waals surface area contributed by atoms with Gasteiger partial charge in [-0.2, -0.15) is 10.2 Å². The van der Waals surface area contributed by atoms with Crippen LogP contribution in [-0.2, 0) is 30.5 Å². The molecule has 2 aromatic rings. The third-order valence-corrected chi connectivity index (χ3v) is 19.1. The number of nitrogens with zero attached hydrogens (tertiary/aromatic N) is 3. The molecule has 0 unspecified atom stereocenters. The molecule has 8 aliphatic rings. The van der Waals surface area contributed by atoms with Crippen molar-refractivity contribution in [2.24, 2.45) is 69.0 Å². The van der Waals surface area contributed by atoms with Crippen molar-refractivity contribution in [2.45, 2.75) is 155 Å². The first-order valence-electron chi connectivity index (χ1n) is 21.6. The van der Waals surface area contributed by atoms with Crippen molar-refractivity contribution in [2.75, 3.05) is 14.1 Å². The Morgan fingerprint density at radius 2 is 1.00 bits per heavy atom. The molecule has 0 aromatic carbocycles. The fourth-order valence-electron chi connectivity index (χ4n) is 15.4. The van der Waals surface area contributed by atoms with Crippen LogP contribution in [0.4, 0.5) is 0 Å². The molecule has 6 N–H and O–H groups in total. The van der Waals surface area contributed by atoms with Crippen molar-refractivity contribution in [1.29, 1.82) is 0 Å². The predicted molar refractivity (Wildman–Crippen MR) is 212 cm³/mol. The lowest BCUT2D eigenvalue weighted by molar-refractivity contribution is -0.139. The number of carbonyl (C=O) groups excluding carboxylic acids is 1. The van der Waals surface area contributed by atoms with Crippen molar-refractivity contribution in [3.05, 3.63) is 34.9 Å². The van der Waals surface area contributed by atoms with Gasteiger partial charge in [-0.25, -0.2) is 0 Å². The summed E-state index contributed by atoms with van der Waals surface area (Å²) in [6.07, 6.45) is 24.8. The van der Waals surface area contributed by atoms with Crippen LogP contribution >= 0.6 is 0 Å². The van der Waals surface area contributed by atoms with E-state index in [0.29, 0.717) is 10.8 Å². The van der Waals surface area contributed by atoms with Crippen LogP contribution in [0.15, 0.2) is 12.4 Å². The van der Waals surface area contributed by atoms with Gasteiger partial charge in [0.1, 0.15) is 0 Å². The Bertz CT molecular complexity index is 1550. The molecule has 2 aromatic heterocycles. The van der Waals surface area contributed by atoms with Gasteiger partial charge in [0.2, 0.25) is 6.41 Å². The van der Waals surface area contributed by atoms with Gasteiger partial charge in [0.25, 0.3) is 0 Å². The molecule has 0 bridgehead atoms. The van der Waals surface area contributed by atoms with Crippen LogP contribution in [0.3, 0.4) is 0 Å². The second-order valence-electron chi connectivity index (χ2n) is 21.4. The summed E-state index contributed by atoms with van der Waals surface area (Å²) in [6, 6.07) is 0. The average molecular weight is 748 g/mol. The number of aromatic amines is 2. The van der Waals surface area contributed by atoms with E-state index in [1.807, 2.05) is 0 Å². The summed E-state index contributed by atoms with van der Waals surface area (Å²) in [6.45, 7) is 14.2. The average Bonchev–Trinajstić information content (AvgIpc) is 3.86. The van der Waals surface area contributed by atoms with Gasteiger partial charge in [0.05, 0.1) is 23.6 Å². The highest BCUT2D eigenvalue weighted by molar-refractivity contribution is 5.45. The highest BCUT2D eigenvalue weighted by atomic mass is 16.3. The molecular formula is C45H73N5O4. The second-order valence-corrected chi connectivity index (χ2v) is 21.4. The van der Waals surface area contributed by atoms with Crippen molar-refractivity contribution < 1.29 is 20.5 Å². The minimum Gasteiger partial charge on any atom is -0.412 e. The van der Waals surface area contributed by atoms with E-state index in [9.17, 15) is 15.0 Å². The van der Waals surface area contributed by atoms with Gasteiger partial charge in [0, 0.05) is 25.5 Å². The molecule has 8 aliphatic carbocycles. The molecule has 0 spiro atoms. The molecule has 54 heavy (non-hydrogen) atoms. The van der Waals surface area contributed by atoms with Gasteiger partial charge in [-0.15, -0.1) is 0 Å². The van der Waals surface area contributed by atoms with Gasteiger partial charge < -0.3 is 20.6 Å². The van der Waals surface area contributed by atoms with E-state index in [1.165, 1.54) is 117 Å². The summed E-state index contributed by atoms with van der Waals surface area (Å²) in [7, 11) is 3.38. The number of hydrogen-bond donors (Lipinski definition) is 4. The third-order valence-electron chi connectivity index (χ3n) is 19.1. The highest BCUT2D eigenvalue weighted by Crippen LogP contribution is 2.69. The molecule has 0 saturated heterocycles. The number of amides is 1. The lowest BCUT2D eigenvalue weighted by atomic mass is 9.44. The van der Waals surface area contributed by atoms with Crippen LogP contribution in [0.5, 0.6) is 0 Å². The second kappa shape index (κ2) is 13.7. The largest absolute Gasteiger partial charge is 0.412 e. The van der Waals surface area contributed by atoms with E-state index in [-0.39, 0.29) is 16.3 Å². The molecule has 302 valence electrons. The molecule has 9 heteroatoms. The van der Waals surface area contributed by atoms with Crippen LogP contribution in [0.2, 0.25) is 0 Å². The van der Waals surface area contributed by atoms with E-state index in [4.69, 9.17) is 0 Å². The Hall–Kier alpha value is -2.23. The van der Waals surface area contributed by atoms with Crippen molar-refractivity contribution in [1.82, 2.24) is 25.3 Å². The van der Waals surface area contributed by atoms with Gasteiger partial charge in [-0.1, -0.05) is 27.7 Å². The zero-order valence-corrected chi connectivity index (χ0v) is 34.8. The van der Waals surface area contributed by atoms with E-state index >= 15 is 0 Å². The SMILES string of the molecule is CN(C)C=O.C[C@]12Cc3cn[nH]c3C[C@@H]1CC[C@@H]1[C@@H]2CC[C@@]2(C)[C@H]1CC[C@]2(C)O.C[C@]12Cc3cn[nH]c3C[C@@H]1CC[C@@H]1[C@@H]2CC[C@@]2(C)[C@H]1CC[C@]2(C)O.O. The lowest BCUT2D eigenvalue weighted by Gasteiger charge is -2.60.